The number of fused-ring (bicyclic) bond motifs is 4. The van der Waals surface area contributed by atoms with Crippen LogP contribution in [0.3, 0.4) is 0 Å². The van der Waals surface area contributed by atoms with E-state index in [0.717, 1.165) is 24.8 Å². The van der Waals surface area contributed by atoms with Crippen LogP contribution in [0, 0.1) is 17.3 Å². The van der Waals surface area contributed by atoms with Crippen LogP contribution in [-0.4, -0.2) is 59.2 Å². The van der Waals surface area contributed by atoms with Gasteiger partial charge in [0.05, 0.1) is 0 Å². The number of ketones is 1. The first-order valence-corrected chi connectivity index (χ1v) is 10.3. The number of hydrogen-bond acceptors (Lipinski definition) is 5. The van der Waals surface area contributed by atoms with E-state index < -0.39 is 16.2 Å². The molecule has 2 fully saturated rings. The summed E-state index contributed by atoms with van der Waals surface area (Å²) in [5, 5.41) is 10.4. The number of hydrogen-bond donors (Lipinski definition) is 2. The van der Waals surface area contributed by atoms with Gasteiger partial charge in [0.15, 0.2) is 5.79 Å². The van der Waals surface area contributed by atoms with Crippen molar-refractivity contribution in [2.45, 2.75) is 64.1 Å². The van der Waals surface area contributed by atoms with Crippen molar-refractivity contribution in [2.24, 2.45) is 17.3 Å². The Morgan fingerprint density at radius 1 is 1.23 bits per heavy atom. The van der Waals surface area contributed by atoms with Gasteiger partial charge in [0, 0.05) is 30.6 Å². The molecule has 4 aliphatic carbocycles. The van der Waals surface area contributed by atoms with Crippen LogP contribution >= 0.6 is 0 Å². The van der Waals surface area contributed by atoms with E-state index in [1.807, 2.05) is 0 Å². The van der Waals surface area contributed by atoms with Crippen LogP contribution in [0.15, 0.2) is 22.8 Å². The van der Waals surface area contributed by atoms with Gasteiger partial charge in [-0.3, -0.25) is 9.35 Å². The third kappa shape index (κ3) is 3.41. The summed E-state index contributed by atoms with van der Waals surface area (Å²) in [6, 6.07) is 0. The first-order chi connectivity index (χ1) is 11.6. The van der Waals surface area contributed by atoms with Gasteiger partial charge in [-0.05, 0) is 38.0 Å². The second kappa shape index (κ2) is 6.79. The fourth-order valence-electron chi connectivity index (χ4n) is 5.61. The summed E-state index contributed by atoms with van der Waals surface area (Å²) in [4.78, 5) is 12.3. The molecule has 0 saturated heterocycles. The van der Waals surface area contributed by atoms with Gasteiger partial charge in [0.1, 0.15) is 5.78 Å². The summed E-state index contributed by atoms with van der Waals surface area (Å²) >= 11 is 0. The van der Waals surface area contributed by atoms with E-state index in [2.05, 4.69) is 17.2 Å². The molecule has 4 atom stereocenters. The molecule has 2 saturated carbocycles. The summed E-state index contributed by atoms with van der Waals surface area (Å²) in [6.07, 6.45) is 7.06. The average Bonchev–Trinajstić information content (AvgIpc) is 2.80. The van der Waals surface area contributed by atoms with Crippen molar-refractivity contribution < 1.29 is 27.1 Å². The van der Waals surface area contributed by atoms with E-state index in [4.69, 9.17) is 4.55 Å². The van der Waals surface area contributed by atoms with Crippen molar-refractivity contribution in [3.63, 3.8) is 0 Å². The molecule has 8 heteroatoms. The van der Waals surface area contributed by atoms with E-state index in [9.17, 15) is 18.3 Å². The molecule has 0 aromatic heterocycles. The van der Waals surface area contributed by atoms with Gasteiger partial charge >= 0.3 is 40.0 Å². The number of rotatable bonds is 2. The predicted octanol–water partition coefficient (Wildman–Crippen LogP) is 2.05. The number of carbonyl (C=O) groups excluding carboxylic acids is 1. The second-order valence-corrected chi connectivity index (χ2v) is 9.22. The zero-order chi connectivity index (χ0) is 18.0. The molecule has 0 heterocycles. The van der Waals surface area contributed by atoms with Gasteiger partial charge in [-0.1, -0.05) is 29.7 Å². The van der Waals surface area contributed by atoms with Gasteiger partial charge in [0.2, 0.25) is 0 Å². The molecule has 26 heavy (non-hydrogen) atoms. The summed E-state index contributed by atoms with van der Waals surface area (Å²) < 4.78 is 35.4. The van der Waals surface area contributed by atoms with Gasteiger partial charge in [-0.15, -0.1) is 0 Å². The maximum atomic E-state index is 12.3. The summed E-state index contributed by atoms with van der Waals surface area (Å²) in [5.41, 5.74) is 3.45. The third-order valence-electron chi connectivity index (χ3n) is 6.82. The van der Waals surface area contributed by atoms with Crippen LogP contribution in [0.4, 0.5) is 0 Å². The van der Waals surface area contributed by atoms with E-state index in [-0.39, 0.29) is 47.8 Å². The molecule has 6 nitrogen and oxygen atoms in total. The molecule has 2 N–H and O–H groups in total. The van der Waals surface area contributed by atoms with Gasteiger partial charge in [-0.2, -0.15) is 8.42 Å². The van der Waals surface area contributed by atoms with E-state index in [1.165, 1.54) is 11.1 Å². The van der Waals surface area contributed by atoms with Crippen molar-refractivity contribution >= 4 is 45.7 Å². The van der Waals surface area contributed by atoms with Gasteiger partial charge < -0.3 is 5.11 Å². The molecular weight excluding hydrogens is 367 g/mol. The number of carbonyl (C=O) groups is 1. The summed E-state index contributed by atoms with van der Waals surface area (Å²) in [7, 11) is -4.69. The van der Waals surface area contributed by atoms with Crippen LogP contribution in [0.1, 0.15) is 58.3 Å². The second-order valence-electron chi connectivity index (χ2n) is 8.19. The fraction of sp³-hybridized carbons (Fsp3) is 0.722. The molecule has 0 spiro atoms. The minimum absolute atomic E-state index is 0. The summed E-state index contributed by atoms with van der Waals surface area (Å²) in [6.45, 7) is 2.10. The molecule has 140 valence electrons. The summed E-state index contributed by atoms with van der Waals surface area (Å²) in [5.74, 6) is -0.841. The molecule has 0 aromatic rings. The molecule has 0 bridgehead atoms. The van der Waals surface area contributed by atoms with Gasteiger partial charge in [0.25, 0.3) is 0 Å². The Morgan fingerprint density at radius 3 is 2.65 bits per heavy atom. The Bertz CT molecular complexity index is 800. The number of allylic oxidation sites excluding steroid dienone is 3. The molecule has 4 aliphatic rings. The fourth-order valence-corrected chi connectivity index (χ4v) is 6.14. The quantitative estimate of drug-likeness (QED) is 0.323. The van der Waals surface area contributed by atoms with Crippen molar-refractivity contribution in [3.8, 4) is 0 Å². The standard InChI is InChI=1S/C18H24O6S.Na.H/c1-17-8-6-13-12-7-9-18(20,24-25(21,22)23)10-11(12)2-3-14(13)15(17)4-5-16(17)19;;/h3,13,15,20H,2,4-10H2,1H3,(H,21,22,23);;/t13-,15?,17-,18+;;/m0../s1. The molecule has 4 rings (SSSR count). The normalized spacial score (nSPS) is 39.5. The van der Waals surface area contributed by atoms with Crippen LogP contribution in [-0.2, 0) is 19.4 Å². The van der Waals surface area contributed by atoms with Gasteiger partial charge in [-0.25, -0.2) is 4.18 Å². The molecule has 1 unspecified atom stereocenters. The number of aliphatic hydroxyl groups is 1. The zero-order valence-electron chi connectivity index (χ0n) is 14.3. The van der Waals surface area contributed by atoms with E-state index in [1.54, 1.807) is 0 Å². The van der Waals surface area contributed by atoms with Crippen molar-refractivity contribution in [3.05, 3.63) is 22.8 Å². The molecule has 0 aromatic carbocycles. The monoisotopic (exact) mass is 392 g/mol. The van der Waals surface area contributed by atoms with Crippen molar-refractivity contribution in [1.82, 2.24) is 0 Å². The minimum atomic E-state index is -4.69. The zero-order valence-corrected chi connectivity index (χ0v) is 15.1. The van der Waals surface area contributed by atoms with Crippen LogP contribution < -0.4 is 0 Å². The predicted molar refractivity (Wildman–Crippen MR) is 96.9 cm³/mol. The van der Waals surface area contributed by atoms with E-state index >= 15 is 0 Å². The first kappa shape index (κ1) is 20.7. The van der Waals surface area contributed by atoms with Crippen LogP contribution in [0.2, 0.25) is 0 Å². The molecular formula is C18H25NaO6S. The Hall–Kier alpha value is -0.0200. The topological polar surface area (TPSA) is 101 Å². The molecule has 0 amide bonds. The Morgan fingerprint density at radius 2 is 1.96 bits per heavy atom. The Labute approximate surface area is 176 Å². The van der Waals surface area contributed by atoms with Crippen molar-refractivity contribution in [1.29, 1.82) is 0 Å². The average molecular weight is 392 g/mol. The van der Waals surface area contributed by atoms with Crippen molar-refractivity contribution in [2.75, 3.05) is 0 Å². The van der Waals surface area contributed by atoms with E-state index in [0.29, 0.717) is 36.9 Å². The van der Waals surface area contributed by atoms with Crippen LogP contribution in [0.25, 0.3) is 0 Å². The Balaban J connectivity index is 0.00000196. The third-order valence-corrected chi connectivity index (χ3v) is 7.34. The first-order valence-electron chi connectivity index (χ1n) is 8.96. The maximum absolute atomic E-state index is 12.3. The van der Waals surface area contributed by atoms with Crippen LogP contribution in [0.5, 0.6) is 0 Å². The number of Topliss-reactive ketones (excluding diaryl/α,β-unsaturated/α-hetero) is 1. The molecule has 0 radical (unpaired) electrons. The molecule has 0 aliphatic heterocycles. The SMILES string of the molecule is C[C@]12CC[C@@H]3C(=CCC4=C3CC[C@@](O)(OS(=O)(=O)O)C4)C1CCC2=O.[NaH]. The Kier molecular flexibility index (Phi) is 5.41.